The van der Waals surface area contributed by atoms with E-state index in [1.54, 1.807) is 14.0 Å². The molecule has 0 fully saturated rings. The van der Waals surface area contributed by atoms with Crippen LogP contribution in [0.4, 0.5) is 4.79 Å². The van der Waals surface area contributed by atoms with Crippen LogP contribution in [0.3, 0.4) is 0 Å². The number of nitrogens with zero attached hydrogens (tertiary/aromatic N) is 2. The summed E-state index contributed by atoms with van der Waals surface area (Å²) >= 11 is 1.51. The fraction of sp³-hybridized carbons (Fsp3) is 0.643. The first-order chi connectivity index (χ1) is 9.61. The summed E-state index contributed by atoms with van der Waals surface area (Å²) in [6.45, 7) is 8.36. The van der Waals surface area contributed by atoms with E-state index in [1.165, 1.54) is 16.2 Å². The van der Waals surface area contributed by atoms with Crippen molar-refractivity contribution < 1.29 is 14.7 Å². The van der Waals surface area contributed by atoms with Gasteiger partial charge in [0, 0.05) is 24.4 Å². The average molecular weight is 313 g/mol. The molecule has 0 aliphatic carbocycles. The number of nitrogens with one attached hydrogen (secondary N) is 1. The van der Waals surface area contributed by atoms with Gasteiger partial charge in [0.25, 0.3) is 0 Å². The van der Waals surface area contributed by atoms with Gasteiger partial charge in [0.1, 0.15) is 5.01 Å². The van der Waals surface area contributed by atoms with Crippen LogP contribution in [-0.4, -0.2) is 40.6 Å². The molecule has 118 valence electrons. The number of carboxylic acid groups (broad SMARTS) is 1. The predicted octanol–water partition coefficient (Wildman–Crippen LogP) is 2.30. The highest BCUT2D eigenvalue weighted by Crippen LogP contribution is 2.23. The summed E-state index contributed by atoms with van der Waals surface area (Å²) in [6.07, 6.45) is 0. The van der Waals surface area contributed by atoms with Crippen molar-refractivity contribution in [2.24, 2.45) is 5.92 Å². The molecule has 0 bridgehead atoms. The Labute approximate surface area is 129 Å². The molecule has 0 aliphatic heterocycles. The minimum Gasteiger partial charge on any atom is -0.481 e. The fourth-order valence-corrected chi connectivity index (χ4v) is 2.56. The standard InChI is InChI=1S/C14H23N3O3S/c1-9(12(18)19)7-17(5)13(20)15-6-11-16-10(8-21-11)14(2,3)4/h8-9H,6-7H2,1-5H3,(H,15,20)(H,18,19). The molecule has 7 heteroatoms. The molecule has 0 aliphatic rings. The second-order valence-corrected chi connectivity index (χ2v) is 7.10. The number of amides is 2. The monoisotopic (exact) mass is 313 g/mol. The fourth-order valence-electron chi connectivity index (χ4n) is 1.59. The van der Waals surface area contributed by atoms with Crippen molar-refractivity contribution in [2.45, 2.75) is 39.7 Å². The number of carbonyl (C=O) groups is 2. The van der Waals surface area contributed by atoms with E-state index in [-0.39, 0.29) is 18.0 Å². The Bertz CT molecular complexity index is 508. The van der Waals surface area contributed by atoms with E-state index in [0.29, 0.717) is 6.54 Å². The number of aliphatic carboxylic acids is 1. The molecule has 1 aromatic rings. The summed E-state index contributed by atoms with van der Waals surface area (Å²) in [5.41, 5.74) is 0.997. The molecule has 1 rings (SSSR count). The van der Waals surface area contributed by atoms with E-state index in [1.807, 2.05) is 5.38 Å². The van der Waals surface area contributed by atoms with Crippen molar-refractivity contribution in [3.05, 3.63) is 16.1 Å². The number of urea groups is 1. The van der Waals surface area contributed by atoms with E-state index in [9.17, 15) is 9.59 Å². The van der Waals surface area contributed by atoms with Gasteiger partial charge in [-0.2, -0.15) is 0 Å². The van der Waals surface area contributed by atoms with Gasteiger partial charge < -0.3 is 15.3 Å². The second-order valence-electron chi connectivity index (χ2n) is 6.15. The van der Waals surface area contributed by atoms with Crippen LogP contribution < -0.4 is 5.32 Å². The number of rotatable bonds is 5. The number of aromatic nitrogens is 1. The zero-order chi connectivity index (χ0) is 16.2. The highest BCUT2D eigenvalue weighted by molar-refractivity contribution is 7.09. The summed E-state index contributed by atoms with van der Waals surface area (Å²) in [5.74, 6) is -1.50. The van der Waals surface area contributed by atoms with Crippen molar-refractivity contribution in [2.75, 3.05) is 13.6 Å². The van der Waals surface area contributed by atoms with Crippen LogP contribution in [0.5, 0.6) is 0 Å². The van der Waals surface area contributed by atoms with Gasteiger partial charge in [-0.1, -0.05) is 27.7 Å². The Morgan fingerprint density at radius 1 is 1.48 bits per heavy atom. The van der Waals surface area contributed by atoms with E-state index in [4.69, 9.17) is 5.11 Å². The second kappa shape index (κ2) is 6.89. The zero-order valence-corrected chi connectivity index (χ0v) is 14.0. The number of hydrogen-bond donors (Lipinski definition) is 2. The topological polar surface area (TPSA) is 82.5 Å². The molecule has 21 heavy (non-hydrogen) atoms. The normalized spacial score (nSPS) is 12.8. The van der Waals surface area contributed by atoms with E-state index < -0.39 is 11.9 Å². The van der Waals surface area contributed by atoms with Gasteiger partial charge in [0.15, 0.2) is 0 Å². The van der Waals surface area contributed by atoms with Crippen LogP contribution >= 0.6 is 11.3 Å². The molecule has 1 heterocycles. The molecule has 0 saturated carbocycles. The third-order valence-corrected chi connectivity index (χ3v) is 3.88. The van der Waals surface area contributed by atoms with Gasteiger partial charge in [-0.15, -0.1) is 11.3 Å². The largest absolute Gasteiger partial charge is 0.481 e. The molecule has 1 aromatic heterocycles. The van der Waals surface area contributed by atoms with Crippen molar-refractivity contribution in [1.82, 2.24) is 15.2 Å². The molecule has 0 saturated heterocycles. The Morgan fingerprint density at radius 2 is 2.10 bits per heavy atom. The maximum atomic E-state index is 11.9. The Kier molecular flexibility index (Phi) is 5.71. The van der Waals surface area contributed by atoms with E-state index in [2.05, 4.69) is 31.1 Å². The maximum absolute atomic E-state index is 11.9. The van der Waals surface area contributed by atoms with Crippen molar-refractivity contribution in [3.8, 4) is 0 Å². The van der Waals surface area contributed by atoms with Crippen LogP contribution in [0.25, 0.3) is 0 Å². The van der Waals surface area contributed by atoms with E-state index >= 15 is 0 Å². The predicted molar refractivity (Wildman–Crippen MR) is 82.5 cm³/mol. The third kappa shape index (κ3) is 5.34. The lowest BCUT2D eigenvalue weighted by Crippen LogP contribution is -2.40. The number of hydrogen-bond acceptors (Lipinski definition) is 4. The molecule has 1 unspecified atom stereocenters. The molecule has 0 spiro atoms. The Morgan fingerprint density at radius 3 is 2.57 bits per heavy atom. The number of carbonyl (C=O) groups excluding carboxylic acids is 1. The molecule has 2 amide bonds. The van der Waals surface area contributed by atoms with Crippen LogP contribution in [-0.2, 0) is 16.8 Å². The lowest BCUT2D eigenvalue weighted by Gasteiger charge is -2.19. The van der Waals surface area contributed by atoms with Crippen LogP contribution in [0.15, 0.2) is 5.38 Å². The average Bonchev–Trinajstić information content (AvgIpc) is 2.84. The molecule has 0 radical (unpaired) electrons. The summed E-state index contributed by atoms with van der Waals surface area (Å²) < 4.78 is 0. The van der Waals surface area contributed by atoms with Crippen molar-refractivity contribution >= 4 is 23.3 Å². The van der Waals surface area contributed by atoms with Gasteiger partial charge in [-0.25, -0.2) is 9.78 Å². The smallest absolute Gasteiger partial charge is 0.317 e. The van der Waals surface area contributed by atoms with Crippen LogP contribution in [0.1, 0.15) is 38.4 Å². The first-order valence-electron chi connectivity index (χ1n) is 6.78. The minimum atomic E-state index is -0.913. The SMILES string of the molecule is CC(CN(C)C(=O)NCc1nc(C(C)(C)C)cs1)C(=O)O. The van der Waals surface area contributed by atoms with E-state index in [0.717, 1.165) is 10.7 Å². The Balaban J connectivity index is 2.49. The molecular formula is C14H23N3O3S. The number of thiazole rings is 1. The summed E-state index contributed by atoms with van der Waals surface area (Å²) in [7, 11) is 1.58. The van der Waals surface area contributed by atoms with Crippen molar-refractivity contribution in [3.63, 3.8) is 0 Å². The van der Waals surface area contributed by atoms with Gasteiger partial charge in [-0.05, 0) is 0 Å². The van der Waals surface area contributed by atoms with Crippen LogP contribution in [0.2, 0.25) is 0 Å². The molecule has 2 N–H and O–H groups in total. The van der Waals surface area contributed by atoms with Gasteiger partial charge >= 0.3 is 12.0 Å². The summed E-state index contributed by atoms with van der Waals surface area (Å²) in [4.78, 5) is 28.5. The lowest BCUT2D eigenvalue weighted by atomic mass is 9.93. The summed E-state index contributed by atoms with van der Waals surface area (Å²) in [6, 6.07) is -0.296. The summed E-state index contributed by atoms with van der Waals surface area (Å²) in [5, 5.41) is 14.4. The lowest BCUT2D eigenvalue weighted by molar-refractivity contribution is -0.141. The maximum Gasteiger partial charge on any atom is 0.317 e. The van der Waals surface area contributed by atoms with Gasteiger partial charge in [0.2, 0.25) is 0 Å². The van der Waals surface area contributed by atoms with Gasteiger partial charge in [0.05, 0.1) is 18.2 Å². The third-order valence-electron chi connectivity index (χ3n) is 3.03. The highest BCUT2D eigenvalue weighted by atomic mass is 32.1. The first-order valence-corrected chi connectivity index (χ1v) is 7.66. The molecule has 0 aromatic carbocycles. The first kappa shape index (κ1) is 17.4. The van der Waals surface area contributed by atoms with Crippen LogP contribution in [0, 0.1) is 5.92 Å². The van der Waals surface area contributed by atoms with Crippen molar-refractivity contribution in [1.29, 1.82) is 0 Å². The molecule has 6 nitrogen and oxygen atoms in total. The Hall–Kier alpha value is -1.63. The van der Waals surface area contributed by atoms with Gasteiger partial charge in [-0.3, -0.25) is 4.79 Å². The quantitative estimate of drug-likeness (QED) is 0.874. The highest BCUT2D eigenvalue weighted by Gasteiger charge is 2.19. The number of carboxylic acids is 1. The molecular weight excluding hydrogens is 290 g/mol. The molecule has 1 atom stereocenters. The zero-order valence-electron chi connectivity index (χ0n) is 13.1. The minimum absolute atomic E-state index is 0.00747.